The van der Waals surface area contributed by atoms with E-state index in [2.05, 4.69) is 12.2 Å². The second-order valence-corrected chi connectivity index (χ2v) is 5.18. The fourth-order valence-electron chi connectivity index (χ4n) is 1.07. The minimum Gasteiger partial charge on any atom is -0.465 e. The summed E-state index contributed by atoms with van der Waals surface area (Å²) in [6.07, 6.45) is 3.60. The molecule has 0 aromatic heterocycles. The average molecular weight is 292 g/mol. The number of nitrogens with one attached hydrogen (secondary N) is 1. The van der Waals surface area contributed by atoms with Gasteiger partial charge in [-0.05, 0) is 6.42 Å². The largest absolute Gasteiger partial charge is 0.465 e. The van der Waals surface area contributed by atoms with E-state index >= 15 is 0 Å². The molecule has 0 atom stereocenters. The third-order valence-corrected chi connectivity index (χ3v) is 2.48. The van der Waals surface area contributed by atoms with Gasteiger partial charge in [-0.25, -0.2) is 0 Å². The van der Waals surface area contributed by atoms with Crippen molar-refractivity contribution in [2.75, 3.05) is 19.4 Å². The van der Waals surface area contributed by atoms with Crippen molar-refractivity contribution < 1.29 is 23.9 Å². The summed E-state index contributed by atoms with van der Waals surface area (Å²) in [4.78, 5) is 28.0. The number of unbranched alkanes of at least 4 members (excludes halogenated alkanes) is 3. The first-order valence-electron chi connectivity index (χ1n) is 5.36. The summed E-state index contributed by atoms with van der Waals surface area (Å²) in [5, 5.41) is 2.34. The maximum absolute atomic E-state index is 11.0. The van der Waals surface area contributed by atoms with Gasteiger partial charge < -0.3 is 14.5 Å². The van der Waals surface area contributed by atoms with Gasteiger partial charge in [0.15, 0.2) is 0 Å². The Morgan fingerprint density at radius 2 is 1.94 bits per heavy atom. The zero-order valence-corrected chi connectivity index (χ0v) is 14.5. The van der Waals surface area contributed by atoms with Gasteiger partial charge >= 0.3 is 13.6 Å². The van der Waals surface area contributed by atoms with Crippen LogP contribution >= 0.6 is 7.60 Å². The molecule has 0 rings (SSSR count). The van der Waals surface area contributed by atoms with Gasteiger partial charge in [-0.1, -0.05) is 26.2 Å². The summed E-state index contributed by atoms with van der Waals surface area (Å²) in [6, 6.07) is 0. The van der Waals surface area contributed by atoms with Gasteiger partial charge in [-0.3, -0.25) is 14.7 Å². The van der Waals surface area contributed by atoms with Crippen LogP contribution in [0.4, 0.5) is 0 Å². The van der Waals surface area contributed by atoms with Crippen LogP contribution in [0.1, 0.15) is 32.6 Å². The molecule has 0 saturated heterocycles. The van der Waals surface area contributed by atoms with E-state index in [1.165, 1.54) is 0 Å². The van der Waals surface area contributed by atoms with E-state index in [0.717, 1.165) is 25.7 Å². The number of carbonyl (C=O) groups is 1. The third-order valence-electron chi connectivity index (χ3n) is 1.85. The van der Waals surface area contributed by atoms with Gasteiger partial charge in [0.2, 0.25) is 0 Å². The van der Waals surface area contributed by atoms with Crippen LogP contribution in [0.25, 0.3) is 0 Å². The first-order valence-corrected chi connectivity index (χ1v) is 7.16. The Morgan fingerprint density at radius 1 is 1.29 bits per heavy atom. The van der Waals surface area contributed by atoms with Crippen LogP contribution in [0.2, 0.25) is 0 Å². The first kappa shape index (κ1) is 20.5. The van der Waals surface area contributed by atoms with Crippen molar-refractivity contribution in [2.24, 2.45) is 0 Å². The normalized spacial score (nSPS) is 10.8. The molecule has 0 aliphatic carbocycles. The Bertz CT molecular complexity index is 246. The molecule has 17 heavy (non-hydrogen) atoms. The van der Waals surface area contributed by atoms with Gasteiger partial charge in [0.25, 0.3) is 0 Å². The van der Waals surface area contributed by atoms with Crippen LogP contribution in [0.5, 0.6) is 0 Å². The Kier molecular flexibility index (Phi) is 14.8. The molecular formula is C9H20KNO5P. The van der Waals surface area contributed by atoms with Gasteiger partial charge in [0.1, 0.15) is 0 Å². The number of rotatable bonds is 9. The van der Waals surface area contributed by atoms with Crippen LogP contribution in [0.3, 0.4) is 0 Å². The SMILES string of the molecule is CCCCCCOC(=O)CNCP(=O)(O)O.[K]. The van der Waals surface area contributed by atoms with Gasteiger partial charge in [0.05, 0.1) is 19.4 Å². The van der Waals surface area contributed by atoms with E-state index in [4.69, 9.17) is 14.5 Å². The summed E-state index contributed by atoms with van der Waals surface area (Å²) in [7, 11) is -4.08. The topological polar surface area (TPSA) is 95.9 Å². The molecular weight excluding hydrogens is 272 g/mol. The van der Waals surface area contributed by atoms with Crippen molar-refractivity contribution in [2.45, 2.75) is 32.6 Å². The second kappa shape index (κ2) is 12.3. The number of esters is 1. The quantitative estimate of drug-likeness (QED) is 0.247. The van der Waals surface area contributed by atoms with E-state index in [9.17, 15) is 9.36 Å². The summed E-state index contributed by atoms with van der Waals surface area (Å²) < 4.78 is 15.3. The molecule has 0 saturated carbocycles. The Morgan fingerprint density at radius 3 is 2.47 bits per heavy atom. The van der Waals surface area contributed by atoms with Crippen molar-refractivity contribution in [3.8, 4) is 0 Å². The van der Waals surface area contributed by atoms with E-state index in [-0.39, 0.29) is 57.9 Å². The second-order valence-electron chi connectivity index (χ2n) is 3.53. The Labute approximate surface area is 144 Å². The first-order chi connectivity index (χ1) is 7.45. The molecule has 0 fully saturated rings. The van der Waals surface area contributed by atoms with E-state index in [1.807, 2.05) is 0 Å². The molecule has 0 unspecified atom stereocenters. The third kappa shape index (κ3) is 17.2. The molecule has 0 heterocycles. The van der Waals surface area contributed by atoms with Crippen molar-refractivity contribution in [3.63, 3.8) is 0 Å². The Balaban J connectivity index is 0. The molecule has 1 radical (unpaired) electrons. The fraction of sp³-hybridized carbons (Fsp3) is 0.889. The van der Waals surface area contributed by atoms with E-state index in [0.29, 0.717) is 6.61 Å². The number of hydrogen-bond donors (Lipinski definition) is 3. The minimum atomic E-state index is -4.08. The molecule has 97 valence electrons. The number of carbonyl (C=O) groups excluding carboxylic acids is 1. The van der Waals surface area contributed by atoms with Crippen LogP contribution in [0.15, 0.2) is 0 Å². The molecule has 0 aliphatic rings. The molecule has 0 aliphatic heterocycles. The molecule has 0 spiro atoms. The summed E-state index contributed by atoms with van der Waals surface area (Å²) in [6.45, 7) is 2.30. The smallest absolute Gasteiger partial charge is 0.339 e. The van der Waals surface area contributed by atoms with Crippen LogP contribution in [0, 0.1) is 0 Å². The number of hydrogen-bond acceptors (Lipinski definition) is 4. The average Bonchev–Trinajstić information content (AvgIpc) is 2.15. The van der Waals surface area contributed by atoms with Crippen LogP contribution in [-0.4, -0.2) is 86.6 Å². The van der Waals surface area contributed by atoms with E-state index < -0.39 is 19.9 Å². The maximum Gasteiger partial charge on any atom is 0.339 e. The molecule has 0 aromatic rings. The predicted octanol–water partition coefficient (Wildman–Crippen LogP) is 0.454. The van der Waals surface area contributed by atoms with Crippen LogP contribution < -0.4 is 5.32 Å². The molecule has 3 N–H and O–H groups in total. The van der Waals surface area contributed by atoms with Crippen molar-refractivity contribution >= 4 is 64.9 Å². The minimum absolute atomic E-state index is 0. The molecule has 0 aromatic carbocycles. The van der Waals surface area contributed by atoms with E-state index in [1.54, 1.807) is 0 Å². The molecule has 0 bridgehead atoms. The molecule has 8 heteroatoms. The van der Waals surface area contributed by atoms with Gasteiger partial charge in [-0.2, -0.15) is 0 Å². The summed E-state index contributed by atoms with van der Waals surface area (Å²) in [5.41, 5.74) is 0. The van der Waals surface area contributed by atoms with Gasteiger partial charge in [0, 0.05) is 51.4 Å². The fourth-order valence-corrected chi connectivity index (χ4v) is 1.47. The van der Waals surface area contributed by atoms with Crippen LogP contribution in [-0.2, 0) is 14.1 Å². The Hall–Kier alpha value is 1.22. The summed E-state index contributed by atoms with van der Waals surface area (Å²) >= 11 is 0. The zero-order chi connectivity index (χ0) is 12.4. The van der Waals surface area contributed by atoms with Crippen molar-refractivity contribution in [3.05, 3.63) is 0 Å². The monoisotopic (exact) mass is 292 g/mol. The molecule has 0 amide bonds. The molecule has 6 nitrogen and oxygen atoms in total. The zero-order valence-electron chi connectivity index (χ0n) is 10.5. The summed E-state index contributed by atoms with van der Waals surface area (Å²) in [5.74, 6) is -0.482. The van der Waals surface area contributed by atoms with Gasteiger partial charge in [-0.15, -0.1) is 0 Å². The standard InChI is InChI=1S/C9H20NO5P.K/c1-2-3-4-5-6-15-9(11)7-10-8-16(12,13)14;/h10H,2-8H2,1H3,(H2,12,13,14);. The number of ether oxygens (including phenoxy) is 1. The van der Waals surface area contributed by atoms with Crippen molar-refractivity contribution in [1.82, 2.24) is 5.32 Å². The van der Waals surface area contributed by atoms with Crippen molar-refractivity contribution in [1.29, 1.82) is 0 Å². The predicted molar refractivity (Wildman–Crippen MR) is 65.8 cm³/mol. The maximum atomic E-state index is 11.0.